The molecule has 0 aromatic heterocycles. The summed E-state index contributed by atoms with van der Waals surface area (Å²) >= 11 is 0. The summed E-state index contributed by atoms with van der Waals surface area (Å²) in [5.74, 6) is 0.329. The molecule has 1 heterocycles. The smallest absolute Gasteiger partial charge is 0.222 e. The second kappa shape index (κ2) is 6.82. The van der Waals surface area contributed by atoms with Crippen LogP contribution < -0.4 is 5.32 Å². The van der Waals surface area contributed by atoms with Gasteiger partial charge in [-0.05, 0) is 12.8 Å². The second-order valence-electron chi connectivity index (χ2n) is 3.86. The van der Waals surface area contributed by atoms with Crippen molar-refractivity contribution in [3.63, 3.8) is 0 Å². The first-order chi connectivity index (χ1) is 6.84. The number of rotatable bonds is 4. The number of carbonyl (C=O) groups excluding carboxylic acids is 1. The molecule has 1 radical (unpaired) electrons. The predicted octanol–water partition coefficient (Wildman–Crippen LogP) is 1.40. The minimum absolute atomic E-state index is 0.329. The zero-order valence-electron chi connectivity index (χ0n) is 9.17. The maximum Gasteiger partial charge on any atom is 0.222 e. The van der Waals surface area contributed by atoms with Crippen LogP contribution in [-0.4, -0.2) is 37.0 Å². The van der Waals surface area contributed by atoms with E-state index in [0.29, 0.717) is 5.91 Å². The highest BCUT2D eigenvalue weighted by atomic mass is 16.2. The van der Waals surface area contributed by atoms with Gasteiger partial charge < -0.3 is 4.90 Å². The molecule has 1 amide bonds. The van der Waals surface area contributed by atoms with E-state index in [4.69, 9.17) is 0 Å². The van der Waals surface area contributed by atoms with Crippen molar-refractivity contribution < 1.29 is 4.79 Å². The lowest BCUT2D eigenvalue weighted by atomic mass is 10.2. The molecule has 0 aliphatic carbocycles. The van der Waals surface area contributed by atoms with Crippen LogP contribution in [0.4, 0.5) is 0 Å². The van der Waals surface area contributed by atoms with Crippen LogP contribution in [0.1, 0.15) is 39.0 Å². The third kappa shape index (κ3) is 4.09. The molecule has 0 atom stereocenters. The summed E-state index contributed by atoms with van der Waals surface area (Å²) < 4.78 is 0. The monoisotopic (exact) mass is 197 g/mol. The number of unbranched alkanes of at least 4 members (excludes halogenated alkanes) is 2. The summed E-state index contributed by atoms with van der Waals surface area (Å²) in [7, 11) is 0. The first-order valence-electron chi connectivity index (χ1n) is 5.75. The van der Waals surface area contributed by atoms with Gasteiger partial charge in [0.1, 0.15) is 0 Å². The average Bonchev–Trinajstić information content (AvgIpc) is 2.46. The highest BCUT2D eigenvalue weighted by Crippen LogP contribution is 2.05. The first kappa shape index (κ1) is 11.5. The Morgan fingerprint density at radius 2 is 2.14 bits per heavy atom. The van der Waals surface area contributed by atoms with Gasteiger partial charge in [-0.25, -0.2) is 5.32 Å². The fourth-order valence-electron chi connectivity index (χ4n) is 1.72. The van der Waals surface area contributed by atoms with E-state index in [1.165, 1.54) is 12.8 Å². The van der Waals surface area contributed by atoms with Gasteiger partial charge in [0.25, 0.3) is 0 Å². The Morgan fingerprint density at radius 1 is 1.29 bits per heavy atom. The molecule has 1 aliphatic rings. The molecule has 1 rings (SSSR count). The third-order valence-electron chi connectivity index (χ3n) is 2.62. The lowest BCUT2D eigenvalue weighted by molar-refractivity contribution is -0.131. The minimum atomic E-state index is 0.329. The van der Waals surface area contributed by atoms with E-state index >= 15 is 0 Å². The molecule has 0 aromatic rings. The van der Waals surface area contributed by atoms with Crippen LogP contribution in [0.25, 0.3) is 0 Å². The Bertz CT molecular complexity index is 163. The molecule has 3 heteroatoms. The van der Waals surface area contributed by atoms with Crippen LogP contribution in [0.15, 0.2) is 0 Å². The van der Waals surface area contributed by atoms with Crippen molar-refractivity contribution in [2.75, 3.05) is 26.2 Å². The highest BCUT2D eigenvalue weighted by molar-refractivity contribution is 5.76. The number of amides is 1. The van der Waals surface area contributed by atoms with Crippen molar-refractivity contribution in [1.29, 1.82) is 0 Å². The van der Waals surface area contributed by atoms with Gasteiger partial charge in [0.15, 0.2) is 0 Å². The highest BCUT2D eigenvalue weighted by Gasteiger charge is 2.14. The van der Waals surface area contributed by atoms with Crippen LogP contribution in [0.2, 0.25) is 0 Å². The fourth-order valence-corrected chi connectivity index (χ4v) is 1.72. The standard InChI is InChI=1S/C11H21N2O/c1-2-3-4-6-11(14)13-9-5-7-12-8-10-13/h2-10H2,1H3. The van der Waals surface area contributed by atoms with Gasteiger partial charge in [-0.2, -0.15) is 0 Å². The average molecular weight is 197 g/mol. The van der Waals surface area contributed by atoms with Crippen molar-refractivity contribution in [3.8, 4) is 0 Å². The summed E-state index contributed by atoms with van der Waals surface area (Å²) in [6, 6.07) is 0. The molecule has 0 bridgehead atoms. The zero-order valence-corrected chi connectivity index (χ0v) is 9.17. The van der Waals surface area contributed by atoms with Gasteiger partial charge in [-0.3, -0.25) is 4.79 Å². The van der Waals surface area contributed by atoms with Gasteiger partial charge in [0, 0.05) is 32.6 Å². The molecule has 1 fully saturated rings. The van der Waals surface area contributed by atoms with E-state index in [1.54, 1.807) is 0 Å². The van der Waals surface area contributed by atoms with Gasteiger partial charge in [-0.1, -0.05) is 19.8 Å². The molecule has 81 valence electrons. The summed E-state index contributed by atoms with van der Waals surface area (Å²) in [5, 5.41) is 4.31. The second-order valence-corrected chi connectivity index (χ2v) is 3.86. The maximum atomic E-state index is 11.7. The van der Waals surface area contributed by atoms with Crippen molar-refractivity contribution in [1.82, 2.24) is 10.2 Å². The molecule has 0 aromatic carbocycles. The quantitative estimate of drug-likeness (QED) is 0.627. The van der Waals surface area contributed by atoms with Crippen molar-refractivity contribution in [3.05, 3.63) is 0 Å². The Kier molecular flexibility index (Phi) is 5.60. The van der Waals surface area contributed by atoms with E-state index in [9.17, 15) is 4.79 Å². The number of hydrogen-bond donors (Lipinski definition) is 0. The lowest BCUT2D eigenvalue weighted by Crippen LogP contribution is -2.33. The van der Waals surface area contributed by atoms with Crippen molar-refractivity contribution in [2.24, 2.45) is 0 Å². The summed E-state index contributed by atoms with van der Waals surface area (Å²) in [6.07, 6.45) is 5.17. The molecule has 0 unspecified atom stereocenters. The normalized spacial score (nSPS) is 17.9. The molecule has 14 heavy (non-hydrogen) atoms. The minimum Gasteiger partial charge on any atom is -0.341 e. The SMILES string of the molecule is CCCCCC(=O)N1CCC[N]CC1. The molecule has 0 spiro atoms. The van der Waals surface area contributed by atoms with Gasteiger partial charge in [-0.15, -0.1) is 0 Å². The van der Waals surface area contributed by atoms with Gasteiger partial charge >= 0.3 is 0 Å². The van der Waals surface area contributed by atoms with Crippen LogP contribution >= 0.6 is 0 Å². The zero-order chi connectivity index (χ0) is 10.2. The predicted molar refractivity (Wildman–Crippen MR) is 57.2 cm³/mol. The van der Waals surface area contributed by atoms with E-state index in [1.807, 2.05) is 4.90 Å². The van der Waals surface area contributed by atoms with Gasteiger partial charge in [0.2, 0.25) is 5.91 Å². The third-order valence-corrected chi connectivity index (χ3v) is 2.62. The van der Waals surface area contributed by atoms with Crippen LogP contribution in [0.3, 0.4) is 0 Å². The van der Waals surface area contributed by atoms with Crippen molar-refractivity contribution >= 4 is 5.91 Å². The molecular formula is C11H21N2O. The molecule has 3 nitrogen and oxygen atoms in total. The largest absolute Gasteiger partial charge is 0.341 e. The molecule has 1 aliphatic heterocycles. The van der Waals surface area contributed by atoms with Crippen LogP contribution in [0.5, 0.6) is 0 Å². The maximum absolute atomic E-state index is 11.7. The van der Waals surface area contributed by atoms with E-state index in [0.717, 1.165) is 45.4 Å². The number of hydrogen-bond acceptors (Lipinski definition) is 1. The topological polar surface area (TPSA) is 34.4 Å². The lowest BCUT2D eigenvalue weighted by Gasteiger charge is -2.19. The molecular weight excluding hydrogens is 176 g/mol. The fraction of sp³-hybridized carbons (Fsp3) is 0.909. The molecule has 0 N–H and O–H groups in total. The van der Waals surface area contributed by atoms with E-state index < -0.39 is 0 Å². The van der Waals surface area contributed by atoms with Crippen molar-refractivity contribution in [2.45, 2.75) is 39.0 Å². The first-order valence-corrected chi connectivity index (χ1v) is 5.75. The van der Waals surface area contributed by atoms with Crippen LogP contribution in [0, 0.1) is 0 Å². The Hall–Kier alpha value is -0.570. The summed E-state index contributed by atoms with van der Waals surface area (Å²) in [6.45, 7) is 5.67. The summed E-state index contributed by atoms with van der Waals surface area (Å²) in [5.41, 5.74) is 0. The Balaban J connectivity index is 2.20. The van der Waals surface area contributed by atoms with Gasteiger partial charge in [0.05, 0.1) is 0 Å². The number of carbonyl (C=O) groups is 1. The Morgan fingerprint density at radius 3 is 2.93 bits per heavy atom. The van der Waals surface area contributed by atoms with Crippen LogP contribution in [-0.2, 0) is 4.79 Å². The Labute approximate surface area is 86.9 Å². The van der Waals surface area contributed by atoms with E-state index in [-0.39, 0.29) is 0 Å². The van der Waals surface area contributed by atoms with E-state index in [2.05, 4.69) is 12.2 Å². The molecule has 1 saturated heterocycles. The molecule has 0 saturated carbocycles. The number of nitrogens with zero attached hydrogens (tertiary/aromatic N) is 2. The summed E-state index contributed by atoms with van der Waals surface area (Å²) in [4.78, 5) is 13.7.